The van der Waals surface area contributed by atoms with E-state index in [1.807, 2.05) is 24.4 Å². The van der Waals surface area contributed by atoms with E-state index in [4.69, 9.17) is 21.1 Å². The first-order valence-electron chi connectivity index (χ1n) is 7.48. The lowest BCUT2D eigenvalue weighted by Crippen LogP contribution is -2.29. The van der Waals surface area contributed by atoms with Crippen LogP contribution in [0.3, 0.4) is 0 Å². The van der Waals surface area contributed by atoms with Gasteiger partial charge in [-0.2, -0.15) is 0 Å². The number of aryl methyl sites for hydroxylation is 1. The molecule has 1 N–H and O–H groups in total. The molecule has 1 unspecified atom stereocenters. The van der Waals surface area contributed by atoms with Crippen LogP contribution in [0.15, 0.2) is 35.7 Å². The van der Waals surface area contributed by atoms with Crippen molar-refractivity contribution in [1.82, 2.24) is 0 Å². The monoisotopic (exact) mass is 379 g/mol. The molecule has 0 aliphatic heterocycles. The Morgan fingerprint density at radius 2 is 2.12 bits per heavy atom. The van der Waals surface area contributed by atoms with Gasteiger partial charge in [0.15, 0.2) is 6.10 Å². The lowest BCUT2D eigenvalue weighted by Gasteiger charge is -2.15. The van der Waals surface area contributed by atoms with Gasteiger partial charge in [-0.05, 0) is 43.0 Å². The highest BCUT2D eigenvalue weighted by atomic mass is 35.5. The van der Waals surface area contributed by atoms with Crippen molar-refractivity contribution in [2.24, 2.45) is 0 Å². The summed E-state index contributed by atoms with van der Waals surface area (Å²) < 4.78 is 10.3. The number of benzene rings is 1. The molecular weight excluding hydrogens is 362 g/mol. The van der Waals surface area contributed by atoms with Gasteiger partial charge in [0.05, 0.1) is 12.8 Å². The summed E-state index contributed by atoms with van der Waals surface area (Å²) in [6, 6.07) is 7.07. The molecule has 2 rings (SSSR count). The van der Waals surface area contributed by atoms with Crippen LogP contribution < -0.4 is 10.1 Å². The molecule has 0 aliphatic carbocycles. The highest BCUT2D eigenvalue weighted by molar-refractivity contribution is 7.10. The van der Waals surface area contributed by atoms with Crippen LogP contribution in [-0.2, 0) is 14.3 Å². The predicted octanol–water partition coefficient (Wildman–Crippen LogP) is 4.30. The maximum Gasteiger partial charge on any atom is 0.331 e. The van der Waals surface area contributed by atoms with Crippen LogP contribution in [0.2, 0.25) is 5.02 Å². The van der Waals surface area contributed by atoms with E-state index in [1.165, 1.54) is 31.4 Å². The molecule has 7 heteroatoms. The molecule has 5 nitrogen and oxygen atoms in total. The molecule has 0 fully saturated rings. The smallest absolute Gasteiger partial charge is 0.331 e. The molecular formula is C18H18ClNO4S. The minimum atomic E-state index is -0.957. The molecule has 0 spiro atoms. The minimum absolute atomic E-state index is 0.431. The summed E-state index contributed by atoms with van der Waals surface area (Å²) in [6.07, 6.45) is 1.98. The number of anilines is 1. The van der Waals surface area contributed by atoms with Crippen LogP contribution in [0.4, 0.5) is 5.69 Å². The van der Waals surface area contributed by atoms with E-state index in [0.29, 0.717) is 16.5 Å². The molecule has 1 aromatic heterocycles. The number of carbonyl (C=O) groups is 2. The number of nitrogens with one attached hydrogen (secondary N) is 1. The fourth-order valence-electron chi connectivity index (χ4n) is 1.97. The first kappa shape index (κ1) is 19.0. The van der Waals surface area contributed by atoms with Crippen molar-refractivity contribution in [3.8, 4) is 5.75 Å². The van der Waals surface area contributed by atoms with Gasteiger partial charge in [-0.25, -0.2) is 4.79 Å². The average Bonchev–Trinajstić information content (AvgIpc) is 3.09. The molecule has 0 saturated heterocycles. The molecule has 1 heterocycles. The maximum absolute atomic E-state index is 12.2. The van der Waals surface area contributed by atoms with E-state index in [2.05, 4.69) is 5.32 Å². The number of esters is 1. The normalized spacial score (nSPS) is 12.0. The highest BCUT2D eigenvalue weighted by Gasteiger charge is 2.19. The second-order valence-electron chi connectivity index (χ2n) is 5.22. The molecule has 1 amide bonds. The Bertz CT molecular complexity index is 787. The van der Waals surface area contributed by atoms with Crippen LogP contribution in [0.5, 0.6) is 5.75 Å². The van der Waals surface area contributed by atoms with Crippen molar-refractivity contribution in [1.29, 1.82) is 0 Å². The third kappa shape index (κ3) is 5.34. The molecule has 132 valence electrons. The highest BCUT2D eigenvalue weighted by Crippen LogP contribution is 2.31. The largest absolute Gasteiger partial charge is 0.495 e. The Hall–Kier alpha value is -2.31. The van der Waals surface area contributed by atoms with Crippen molar-refractivity contribution >= 4 is 46.6 Å². The summed E-state index contributed by atoms with van der Waals surface area (Å²) in [5.74, 6) is -0.617. The van der Waals surface area contributed by atoms with Gasteiger partial charge in [-0.3, -0.25) is 4.79 Å². The number of carbonyl (C=O) groups excluding carboxylic acids is 2. The molecule has 1 atom stereocenters. The number of rotatable bonds is 6. The Morgan fingerprint density at radius 1 is 1.36 bits per heavy atom. The first-order chi connectivity index (χ1) is 11.9. The van der Waals surface area contributed by atoms with Crippen molar-refractivity contribution < 1.29 is 19.1 Å². The van der Waals surface area contributed by atoms with Gasteiger partial charge in [0.2, 0.25) is 0 Å². The second kappa shape index (κ2) is 8.69. The number of halogens is 1. The molecule has 2 aromatic rings. The van der Waals surface area contributed by atoms with E-state index >= 15 is 0 Å². The second-order valence-corrected chi connectivity index (χ2v) is 6.61. The van der Waals surface area contributed by atoms with Crippen LogP contribution in [0.25, 0.3) is 6.08 Å². The van der Waals surface area contributed by atoms with E-state index in [-0.39, 0.29) is 0 Å². The third-order valence-corrected chi connectivity index (χ3v) is 4.57. The Labute approximate surface area is 155 Å². The summed E-state index contributed by atoms with van der Waals surface area (Å²) in [7, 11) is 1.48. The van der Waals surface area contributed by atoms with Crippen LogP contribution in [-0.4, -0.2) is 25.1 Å². The van der Waals surface area contributed by atoms with Crippen molar-refractivity contribution in [3.63, 3.8) is 0 Å². The topological polar surface area (TPSA) is 64.6 Å². The number of hydrogen-bond acceptors (Lipinski definition) is 5. The predicted molar refractivity (Wildman–Crippen MR) is 100 cm³/mol. The zero-order valence-electron chi connectivity index (χ0n) is 14.0. The zero-order chi connectivity index (χ0) is 18.4. The quantitative estimate of drug-likeness (QED) is 0.600. The maximum atomic E-state index is 12.2. The molecule has 25 heavy (non-hydrogen) atoms. The lowest BCUT2D eigenvalue weighted by molar-refractivity contribution is -0.148. The van der Waals surface area contributed by atoms with Crippen molar-refractivity contribution in [2.45, 2.75) is 20.0 Å². The Balaban J connectivity index is 1.98. The number of thiophene rings is 1. The molecule has 0 bridgehead atoms. The van der Waals surface area contributed by atoms with Crippen LogP contribution in [0, 0.1) is 6.92 Å². The number of hydrogen-bond donors (Lipinski definition) is 1. The number of amides is 1. The number of ether oxygens (including phenoxy) is 2. The van der Waals surface area contributed by atoms with Crippen molar-refractivity contribution in [3.05, 3.63) is 51.2 Å². The average molecular weight is 380 g/mol. The van der Waals surface area contributed by atoms with Gasteiger partial charge in [0, 0.05) is 22.0 Å². The summed E-state index contributed by atoms with van der Waals surface area (Å²) in [5.41, 5.74) is 1.26. The van der Waals surface area contributed by atoms with Gasteiger partial charge in [0.25, 0.3) is 5.91 Å². The van der Waals surface area contributed by atoms with Crippen LogP contribution >= 0.6 is 22.9 Å². The van der Waals surface area contributed by atoms with E-state index in [9.17, 15) is 9.59 Å². The van der Waals surface area contributed by atoms with E-state index in [0.717, 1.165) is 10.4 Å². The molecule has 0 aliphatic rings. The standard InChI is InChI=1S/C18H18ClNO4S/c1-11-9-15(16(23-3)10-14(11)19)20-18(22)12(2)24-17(21)7-6-13-5-4-8-25-13/h4-10,12H,1-3H3,(H,20,22)/b7-6+. The van der Waals surface area contributed by atoms with Gasteiger partial charge in [-0.15, -0.1) is 11.3 Å². The Morgan fingerprint density at radius 3 is 2.76 bits per heavy atom. The first-order valence-corrected chi connectivity index (χ1v) is 8.73. The summed E-state index contributed by atoms with van der Waals surface area (Å²) >= 11 is 7.54. The van der Waals surface area contributed by atoms with Gasteiger partial charge >= 0.3 is 5.97 Å². The van der Waals surface area contributed by atoms with Gasteiger partial charge in [0.1, 0.15) is 5.75 Å². The van der Waals surface area contributed by atoms with Gasteiger partial charge < -0.3 is 14.8 Å². The third-order valence-electron chi connectivity index (χ3n) is 3.33. The van der Waals surface area contributed by atoms with E-state index in [1.54, 1.807) is 18.2 Å². The molecule has 0 radical (unpaired) electrons. The zero-order valence-corrected chi connectivity index (χ0v) is 15.6. The molecule has 1 aromatic carbocycles. The summed E-state index contributed by atoms with van der Waals surface area (Å²) in [4.78, 5) is 25.0. The fraction of sp³-hybridized carbons (Fsp3) is 0.222. The van der Waals surface area contributed by atoms with Gasteiger partial charge in [-0.1, -0.05) is 17.7 Å². The Kier molecular flexibility index (Phi) is 6.61. The van der Waals surface area contributed by atoms with E-state index < -0.39 is 18.0 Å². The number of methoxy groups -OCH3 is 1. The summed E-state index contributed by atoms with van der Waals surface area (Å²) in [6.45, 7) is 3.32. The van der Waals surface area contributed by atoms with Crippen molar-refractivity contribution in [2.75, 3.05) is 12.4 Å². The SMILES string of the molecule is COc1cc(Cl)c(C)cc1NC(=O)C(C)OC(=O)/C=C/c1cccs1. The fourth-order valence-corrected chi connectivity index (χ4v) is 2.74. The van der Waals surface area contributed by atoms with Crippen LogP contribution in [0.1, 0.15) is 17.4 Å². The molecule has 0 saturated carbocycles. The minimum Gasteiger partial charge on any atom is -0.495 e. The summed E-state index contributed by atoms with van der Waals surface area (Å²) in [5, 5.41) is 5.12. The lowest BCUT2D eigenvalue weighted by atomic mass is 10.2.